The van der Waals surface area contributed by atoms with Crippen LogP contribution in [-0.2, 0) is 9.59 Å². The van der Waals surface area contributed by atoms with Crippen LogP contribution in [0.25, 0.3) is 5.57 Å². The standard InChI is InChI=1S/C20H19Cl2N5O3/c21-10-6-7-14(13(22)8-10)24-20-26-17-16(19(30)27-20)12(9-15(28)25-17)18(29)23-11-4-2-1-3-5-11/h6-8,11H,1-5,9H2,(H,23,29)(H2,24,25,26,27,28,30). The summed E-state index contributed by atoms with van der Waals surface area (Å²) in [7, 11) is 0. The van der Waals surface area contributed by atoms with E-state index in [1.807, 2.05) is 0 Å². The fourth-order valence-corrected chi connectivity index (χ4v) is 4.16. The van der Waals surface area contributed by atoms with Crippen LogP contribution in [0.15, 0.2) is 28.0 Å². The third-order valence-corrected chi connectivity index (χ3v) is 5.71. The van der Waals surface area contributed by atoms with Crippen molar-refractivity contribution in [3.63, 3.8) is 0 Å². The van der Waals surface area contributed by atoms with Crippen molar-refractivity contribution in [2.45, 2.75) is 44.6 Å². The number of halogens is 2. The van der Waals surface area contributed by atoms with E-state index in [4.69, 9.17) is 23.2 Å². The molecule has 1 aromatic heterocycles. The summed E-state index contributed by atoms with van der Waals surface area (Å²) in [6, 6.07) is 4.84. The predicted molar refractivity (Wildman–Crippen MR) is 113 cm³/mol. The van der Waals surface area contributed by atoms with Crippen LogP contribution in [0.2, 0.25) is 10.0 Å². The zero-order chi connectivity index (χ0) is 21.3. The van der Waals surface area contributed by atoms with Crippen molar-refractivity contribution >= 4 is 52.2 Å². The normalized spacial score (nSPS) is 16.6. The number of carbonyl (C=O) groups excluding carboxylic acids is 2. The predicted octanol–water partition coefficient (Wildman–Crippen LogP) is 1.97. The maximum absolute atomic E-state index is 12.8. The molecule has 30 heavy (non-hydrogen) atoms. The largest absolute Gasteiger partial charge is 0.350 e. The number of anilines is 2. The van der Waals surface area contributed by atoms with E-state index in [1.165, 1.54) is 6.07 Å². The molecule has 2 heterocycles. The summed E-state index contributed by atoms with van der Waals surface area (Å²) >= 11 is 12.0. The zero-order valence-corrected chi connectivity index (χ0v) is 17.4. The van der Waals surface area contributed by atoms with Crippen molar-refractivity contribution in [1.29, 1.82) is 0 Å². The molecule has 1 aliphatic carbocycles. The Morgan fingerprint density at radius 2 is 1.90 bits per heavy atom. The molecule has 1 aromatic carbocycles. The van der Waals surface area contributed by atoms with Crippen LogP contribution in [0.3, 0.4) is 0 Å². The minimum Gasteiger partial charge on any atom is -0.350 e. The van der Waals surface area contributed by atoms with Crippen molar-refractivity contribution in [2.75, 3.05) is 5.32 Å². The number of amides is 2. The van der Waals surface area contributed by atoms with Crippen LogP contribution in [0.5, 0.6) is 0 Å². The maximum Gasteiger partial charge on any atom is 0.262 e. The molecule has 2 amide bonds. The van der Waals surface area contributed by atoms with Gasteiger partial charge in [-0.1, -0.05) is 42.5 Å². The lowest BCUT2D eigenvalue weighted by Crippen LogP contribution is -2.51. The van der Waals surface area contributed by atoms with Crippen LogP contribution >= 0.6 is 23.2 Å². The van der Waals surface area contributed by atoms with Crippen LogP contribution in [0, 0.1) is 0 Å². The Balaban J connectivity index is 1.71. The molecule has 156 valence electrons. The number of benzene rings is 1. The molecule has 2 aliphatic rings. The Morgan fingerprint density at radius 1 is 1.13 bits per heavy atom. The van der Waals surface area contributed by atoms with Crippen LogP contribution in [0.4, 0.5) is 11.6 Å². The molecular formula is C20H19Cl2N5O3. The minimum atomic E-state index is -0.558. The monoisotopic (exact) mass is 447 g/mol. The Morgan fingerprint density at radius 3 is 2.63 bits per heavy atom. The molecule has 1 saturated carbocycles. The first kappa shape index (κ1) is 20.6. The second-order valence-corrected chi connectivity index (χ2v) is 8.18. The van der Waals surface area contributed by atoms with E-state index < -0.39 is 17.4 Å². The second-order valence-electron chi connectivity index (χ2n) is 7.33. The summed E-state index contributed by atoms with van der Waals surface area (Å²) in [6.45, 7) is 0. The van der Waals surface area contributed by atoms with Crippen LogP contribution in [0.1, 0.15) is 38.5 Å². The number of hydrogen-bond donors (Lipinski definition) is 3. The number of fused-ring (bicyclic) bond motifs is 1. The van der Waals surface area contributed by atoms with E-state index in [-0.39, 0.29) is 34.7 Å². The molecule has 0 saturated heterocycles. The second kappa shape index (κ2) is 8.57. The van der Waals surface area contributed by atoms with E-state index in [0.717, 1.165) is 32.1 Å². The number of hydrogen-bond acceptors (Lipinski definition) is 5. The number of carbonyl (C=O) groups is 2. The number of nitrogens with one attached hydrogen (secondary N) is 3. The minimum absolute atomic E-state index is 0.0238. The summed E-state index contributed by atoms with van der Waals surface area (Å²) in [5, 5.41) is 6.64. The van der Waals surface area contributed by atoms with E-state index in [0.29, 0.717) is 15.7 Å². The van der Waals surface area contributed by atoms with Gasteiger partial charge in [0.2, 0.25) is 11.9 Å². The van der Waals surface area contributed by atoms with Gasteiger partial charge in [-0.2, -0.15) is 9.98 Å². The molecular weight excluding hydrogens is 429 g/mol. The summed E-state index contributed by atoms with van der Waals surface area (Å²) in [4.78, 5) is 48.4. The maximum atomic E-state index is 12.8. The fraction of sp³-hybridized carbons (Fsp3) is 0.350. The van der Waals surface area contributed by atoms with Gasteiger partial charge in [0, 0.05) is 16.6 Å². The summed E-state index contributed by atoms with van der Waals surface area (Å²) in [5.74, 6) is -0.890. The van der Waals surface area contributed by atoms with E-state index in [2.05, 4.69) is 25.6 Å². The van der Waals surface area contributed by atoms with E-state index in [1.54, 1.807) is 12.1 Å². The molecule has 0 unspecified atom stereocenters. The van der Waals surface area contributed by atoms with Gasteiger partial charge < -0.3 is 10.6 Å². The molecule has 0 atom stereocenters. The highest BCUT2D eigenvalue weighted by Gasteiger charge is 2.24. The van der Waals surface area contributed by atoms with Crippen LogP contribution in [-0.4, -0.2) is 27.8 Å². The van der Waals surface area contributed by atoms with E-state index in [9.17, 15) is 14.4 Å². The number of aromatic nitrogens is 2. The van der Waals surface area contributed by atoms with Crippen molar-refractivity contribution in [2.24, 2.45) is 4.99 Å². The van der Waals surface area contributed by atoms with Gasteiger partial charge in [-0.05, 0) is 31.0 Å². The molecule has 0 radical (unpaired) electrons. The Labute approximate surface area is 181 Å². The topological polar surface area (TPSA) is 116 Å². The molecule has 8 nitrogen and oxygen atoms in total. The lowest BCUT2D eigenvalue weighted by atomic mass is 9.95. The molecule has 1 aliphatic heterocycles. The Bertz CT molecular complexity index is 1200. The molecule has 10 heteroatoms. The Kier molecular flexibility index (Phi) is 5.87. The van der Waals surface area contributed by atoms with Crippen LogP contribution < -0.4 is 26.9 Å². The lowest BCUT2D eigenvalue weighted by Gasteiger charge is -2.23. The Hall–Kier alpha value is -2.71. The molecule has 3 N–H and O–H groups in total. The number of H-pyrrole nitrogens is 1. The number of aromatic amines is 1. The first-order valence-electron chi connectivity index (χ1n) is 9.69. The van der Waals surface area contributed by atoms with Crippen molar-refractivity contribution in [1.82, 2.24) is 15.3 Å². The molecule has 0 spiro atoms. The van der Waals surface area contributed by atoms with E-state index >= 15 is 0 Å². The zero-order valence-electron chi connectivity index (χ0n) is 15.9. The lowest BCUT2D eigenvalue weighted by molar-refractivity contribution is -0.120. The third-order valence-electron chi connectivity index (χ3n) is 5.16. The van der Waals surface area contributed by atoms with Gasteiger partial charge in [0.15, 0.2) is 5.49 Å². The summed E-state index contributed by atoms with van der Waals surface area (Å²) < 4.78 is 0. The number of rotatable bonds is 4. The van der Waals surface area contributed by atoms with Gasteiger partial charge in [-0.25, -0.2) is 0 Å². The molecule has 0 bridgehead atoms. The quantitative estimate of drug-likeness (QED) is 0.662. The van der Waals surface area contributed by atoms with Gasteiger partial charge in [0.25, 0.3) is 11.5 Å². The highest BCUT2D eigenvalue weighted by atomic mass is 35.5. The molecule has 1 fully saturated rings. The smallest absolute Gasteiger partial charge is 0.262 e. The number of nitrogens with zero attached hydrogens (tertiary/aromatic N) is 2. The van der Waals surface area contributed by atoms with Crippen molar-refractivity contribution in [3.8, 4) is 0 Å². The third kappa shape index (κ3) is 4.39. The first-order valence-corrected chi connectivity index (χ1v) is 10.4. The average molecular weight is 448 g/mol. The van der Waals surface area contributed by atoms with Gasteiger partial charge in [0.05, 0.1) is 22.3 Å². The first-order chi connectivity index (χ1) is 14.4. The highest BCUT2D eigenvalue weighted by Crippen LogP contribution is 2.26. The summed E-state index contributed by atoms with van der Waals surface area (Å²) in [6.07, 6.45) is 4.81. The fourth-order valence-electron chi connectivity index (χ4n) is 3.70. The average Bonchev–Trinajstić information content (AvgIpc) is 2.70. The highest BCUT2D eigenvalue weighted by molar-refractivity contribution is 6.36. The van der Waals surface area contributed by atoms with Gasteiger partial charge in [-0.15, -0.1) is 0 Å². The summed E-state index contributed by atoms with van der Waals surface area (Å²) in [5.41, 5.74) is -0.0834. The van der Waals surface area contributed by atoms with Crippen molar-refractivity contribution < 1.29 is 9.59 Å². The molecule has 4 rings (SSSR count). The van der Waals surface area contributed by atoms with Gasteiger partial charge in [-0.3, -0.25) is 19.4 Å². The SMILES string of the molecule is O=C1CC(C(=O)NC2CCCCC2)=c2c(nc(Nc3ccc(Cl)cc3Cl)[nH]c2=O)=N1. The molecule has 2 aromatic rings. The van der Waals surface area contributed by atoms with Gasteiger partial charge in [0.1, 0.15) is 0 Å². The van der Waals surface area contributed by atoms with Gasteiger partial charge >= 0.3 is 0 Å². The van der Waals surface area contributed by atoms with Crippen molar-refractivity contribution in [3.05, 3.63) is 49.3 Å².